The van der Waals surface area contributed by atoms with E-state index in [9.17, 15) is 0 Å². The smallest absolute Gasteiger partial charge is 0.0628 e. The largest absolute Gasteiger partial charge is 0.309 e. The van der Waals surface area contributed by atoms with Gasteiger partial charge in [0.1, 0.15) is 0 Å². The van der Waals surface area contributed by atoms with Crippen molar-refractivity contribution in [1.82, 2.24) is 4.57 Å². The summed E-state index contributed by atoms with van der Waals surface area (Å²) in [5, 5.41) is 1.25. The van der Waals surface area contributed by atoms with Crippen molar-refractivity contribution >= 4 is 23.2 Å². The van der Waals surface area contributed by atoms with Crippen LogP contribution in [0.25, 0.3) is 39.3 Å². The summed E-state index contributed by atoms with van der Waals surface area (Å²) in [6.45, 7) is 0. The first-order valence-corrected chi connectivity index (χ1v) is 10.9. The van der Waals surface area contributed by atoms with Gasteiger partial charge in [-0.15, -0.1) is 0 Å². The number of nitrogens with zero attached hydrogens (tertiary/aromatic N) is 1. The van der Waals surface area contributed by atoms with Crippen LogP contribution in [0.3, 0.4) is 0 Å². The Hall–Kier alpha value is -3.26. The minimum absolute atomic E-state index is 0.621. The van der Waals surface area contributed by atoms with Crippen LogP contribution in [0.5, 0.6) is 0 Å². The highest BCUT2D eigenvalue weighted by Gasteiger charge is 2.22. The van der Waals surface area contributed by atoms with Crippen molar-refractivity contribution in [2.24, 2.45) is 0 Å². The molecule has 1 heterocycles. The summed E-state index contributed by atoms with van der Waals surface area (Å²) in [4.78, 5) is 0. The number of para-hydroxylation sites is 1. The molecular weight excluding hydrogens is 421 g/mol. The van der Waals surface area contributed by atoms with Crippen LogP contribution in [-0.4, -0.2) is 4.57 Å². The Bertz CT molecular complexity index is 1320. The molecule has 150 valence electrons. The highest BCUT2D eigenvalue weighted by molar-refractivity contribution is 6.36. The van der Waals surface area contributed by atoms with Gasteiger partial charge in [0.25, 0.3) is 0 Å². The van der Waals surface area contributed by atoms with E-state index in [1.807, 2.05) is 30.3 Å². The lowest BCUT2D eigenvalue weighted by Crippen LogP contribution is -2.00. The Morgan fingerprint density at radius 3 is 1.71 bits per heavy atom. The number of halogens is 2. The highest BCUT2D eigenvalue weighted by Crippen LogP contribution is 2.43. The minimum Gasteiger partial charge on any atom is -0.309 e. The lowest BCUT2D eigenvalue weighted by Gasteiger charge is -2.16. The SMILES string of the molecule is Clc1ccc(-c2c(-c3ccccc3)cc(-c3ccccc3)n2-c2ccccc2)c(Cl)c1. The van der Waals surface area contributed by atoms with Gasteiger partial charge in [0.05, 0.1) is 16.4 Å². The van der Waals surface area contributed by atoms with Gasteiger partial charge >= 0.3 is 0 Å². The van der Waals surface area contributed by atoms with Crippen LogP contribution in [0, 0.1) is 0 Å². The van der Waals surface area contributed by atoms with E-state index in [0.29, 0.717) is 10.0 Å². The molecule has 3 heteroatoms. The quantitative estimate of drug-likeness (QED) is 0.263. The first-order valence-electron chi connectivity index (χ1n) is 10.1. The fraction of sp³-hybridized carbons (Fsp3) is 0. The van der Waals surface area contributed by atoms with Gasteiger partial charge in [-0.25, -0.2) is 0 Å². The number of benzene rings is 4. The van der Waals surface area contributed by atoms with E-state index >= 15 is 0 Å². The van der Waals surface area contributed by atoms with Crippen LogP contribution in [0.2, 0.25) is 10.0 Å². The average molecular weight is 440 g/mol. The molecule has 5 rings (SSSR count). The van der Waals surface area contributed by atoms with Gasteiger partial charge in [-0.2, -0.15) is 0 Å². The van der Waals surface area contributed by atoms with Crippen LogP contribution < -0.4 is 0 Å². The van der Waals surface area contributed by atoms with Crippen LogP contribution in [0.1, 0.15) is 0 Å². The summed E-state index contributed by atoms with van der Waals surface area (Å²) in [7, 11) is 0. The van der Waals surface area contributed by atoms with E-state index in [4.69, 9.17) is 23.2 Å². The van der Waals surface area contributed by atoms with Crippen molar-refractivity contribution in [3.05, 3.63) is 125 Å². The maximum Gasteiger partial charge on any atom is 0.0628 e. The van der Waals surface area contributed by atoms with Gasteiger partial charge in [-0.05, 0) is 47.5 Å². The average Bonchev–Trinajstić information content (AvgIpc) is 3.21. The van der Waals surface area contributed by atoms with Gasteiger partial charge < -0.3 is 4.57 Å². The maximum atomic E-state index is 6.74. The van der Waals surface area contributed by atoms with E-state index in [1.54, 1.807) is 6.07 Å². The molecule has 0 radical (unpaired) electrons. The molecule has 0 aliphatic carbocycles. The predicted molar refractivity (Wildman–Crippen MR) is 132 cm³/mol. The predicted octanol–water partition coefficient (Wildman–Crippen LogP) is 8.79. The number of aromatic nitrogens is 1. The molecule has 5 aromatic rings. The van der Waals surface area contributed by atoms with Crippen molar-refractivity contribution in [2.45, 2.75) is 0 Å². The Morgan fingerprint density at radius 1 is 0.516 bits per heavy atom. The summed E-state index contributed by atoms with van der Waals surface area (Å²) in [6, 6.07) is 39.2. The zero-order valence-corrected chi connectivity index (χ0v) is 18.2. The lowest BCUT2D eigenvalue weighted by molar-refractivity contribution is 1.10. The van der Waals surface area contributed by atoms with Gasteiger partial charge in [0.15, 0.2) is 0 Å². The highest BCUT2D eigenvalue weighted by atomic mass is 35.5. The van der Waals surface area contributed by atoms with Crippen molar-refractivity contribution in [1.29, 1.82) is 0 Å². The topological polar surface area (TPSA) is 4.93 Å². The van der Waals surface area contributed by atoms with Gasteiger partial charge in [-0.1, -0.05) is 102 Å². The third-order valence-electron chi connectivity index (χ3n) is 5.36. The fourth-order valence-electron chi connectivity index (χ4n) is 3.96. The standard InChI is InChI=1S/C28H19Cl2N/c29-22-16-17-24(26(30)18-22)28-25(20-10-4-1-5-11-20)19-27(21-12-6-2-7-13-21)31(28)23-14-8-3-9-15-23/h1-19H. The molecule has 0 amide bonds. The summed E-state index contributed by atoms with van der Waals surface area (Å²) < 4.78 is 2.28. The Labute approximate surface area is 192 Å². The van der Waals surface area contributed by atoms with Crippen LogP contribution >= 0.6 is 23.2 Å². The molecule has 0 saturated carbocycles. The molecule has 0 aliphatic heterocycles. The number of rotatable bonds is 4. The second kappa shape index (κ2) is 8.47. The van der Waals surface area contributed by atoms with Crippen molar-refractivity contribution in [3.8, 4) is 39.3 Å². The first-order chi connectivity index (χ1) is 15.2. The Kier molecular flexibility index (Phi) is 5.38. The van der Waals surface area contributed by atoms with Gasteiger partial charge in [0, 0.05) is 21.8 Å². The fourth-order valence-corrected chi connectivity index (χ4v) is 4.46. The second-order valence-corrected chi connectivity index (χ2v) is 8.16. The molecule has 0 saturated heterocycles. The van der Waals surface area contributed by atoms with E-state index in [1.165, 1.54) is 0 Å². The van der Waals surface area contributed by atoms with Gasteiger partial charge in [0.2, 0.25) is 0 Å². The third-order valence-corrected chi connectivity index (χ3v) is 5.90. The van der Waals surface area contributed by atoms with Crippen LogP contribution in [-0.2, 0) is 0 Å². The molecule has 31 heavy (non-hydrogen) atoms. The molecule has 0 N–H and O–H groups in total. The monoisotopic (exact) mass is 439 g/mol. The lowest BCUT2D eigenvalue weighted by atomic mass is 10.0. The van der Waals surface area contributed by atoms with Crippen LogP contribution in [0.4, 0.5) is 0 Å². The second-order valence-electron chi connectivity index (χ2n) is 7.32. The molecule has 0 spiro atoms. The van der Waals surface area contributed by atoms with E-state index in [2.05, 4.69) is 83.4 Å². The first kappa shape index (κ1) is 19.7. The van der Waals surface area contributed by atoms with E-state index < -0.39 is 0 Å². The molecule has 1 nitrogen and oxygen atoms in total. The molecule has 0 bridgehead atoms. The molecule has 4 aromatic carbocycles. The Morgan fingerprint density at radius 2 is 1.10 bits per heavy atom. The molecule has 0 atom stereocenters. The zero-order chi connectivity index (χ0) is 21.2. The Balaban J connectivity index is 1.91. The molecule has 0 aliphatic rings. The summed E-state index contributed by atoms with van der Waals surface area (Å²) in [5.74, 6) is 0. The normalized spacial score (nSPS) is 10.9. The number of hydrogen-bond acceptors (Lipinski definition) is 0. The van der Waals surface area contributed by atoms with E-state index in [0.717, 1.165) is 39.3 Å². The molecule has 0 fully saturated rings. The third kappa shape index (κ3) is 3.79. The molecular formula is C28H19Cl2N. The van der Waals surface area contributed by atoms with E-state index in [-0.39, 0.29) is 0 Å². The summed E-state index contributed by atoms with van der Waals surface area (Å²) in [6.07, 6.45) is 0. The van der Waals surface area contributed by atoms with Crippen molar-refractivity contribution in [2.75, 3.05) is 0 Å². The maximum absolute atomic E-state index is 6.74. The molecule has 0 unspecified atom stereocenters. The van der Waals surface area contributed by atoms with Crippen LogP contribution in [0.15, 0.2) is 115 Å². The summed E-state index contributed by atoms with van der Waals surface area (Å²) >= 11 is 13.0. The number of hydrogen-bond donors (Lipinski definition) is 0. The van der Waals surface area contributed by atoms with Crippen molar-refractivity contribution < 1.29 is 0 Å². The van der Waals surface area contributed by atoms with Gasteiger partial charge in [-0.3, -0.25) is 0 Å². The zero-order valence-electron chi connectivity index (χ0n) is 16.7. The molecule has 1 aromatic heterocycles. The minimum atomic E-state index is 0.621. The van der Waals surface area contributed by atoms with Crippen molar-refractivity contribution in [3.63, 3.8) is 0 Å². The summed E-state index contributed by atoms with van der Waals surface area (Å²) in [5.41, 5.74) is 7.55.